The number of hydrogen-bond acceptors (Lipinski definition) is 3. The normalized spacial score (nSPS) is 31.6. The maximum absolute atomic E-state index is 12.8. The standard InChI is InChI=1S/C16H20N2O2/c19-16(13-10-20-15-6-2-1-5-12(13)15)18-8-11-4-3-7-17-14(11)9-18/h1-2,5-6,11,13-14,17H,3-4,7-10H2. The van der Waals surface area contributed by atoms with Crippen molar-refractivity contribution in [2.45, 2.75) is 24.8 Å². The van der Waals surface area contributed by atoms with Crippen LogP contribution < -0.4 is 10.1 Å². The topological polar surface area (TPSA) is 41.6 Å². The van der Waals surface area contributed by atoms with Crippen molar-refractivity contribution in [3.8, 4) is 5.75 Å². The largest absolute Gasteiger partial charge is 0.492 e. The molecule has 3 atom stereocenters. The van der Waals surface area contributed by atoms with Gasteiger partial charge in [0.1, 0.15) is 18.3 Å². The smallest absolute Gasteiger partial charge is 0.233 e. The lowest BCUT2D eigenvalue weighted by Crippen LogP contribution is -2.41. The molecule has 2 saturated heterocycles. The number of piperidine rings is 1. The lowest BCUT2D eigenvalue weighted by Gasteiger charge is -2.24. The fourth-order valence-electron chi connectivity index (χ4n) is 3.81. The van der Waals surface area contributed by atoms with Gasteiger partial charge in [-0.2, -0.15) is 0 Å². The van der Waals surface area contributed by atoms with Crippen molar-refractivity contribution in [2.24, 2.45) is 5.92 Å². The number of rotatable bonds is 1. The van der Waals surface area contributed by atoms with Crippen LogP contribution in [0.5, 0.6) is 5.75 Å². The number of benzene rings is 1. The van der Waals surface area contributed by atoms with Gasteiger partial charge in [0.2, 0.25) is 5.91 Å². The summed E-state index contributed by atoms with van der Waals surface area (Å²) in [6.45, 7) is 3.37. The fourth-order valence-corrected chi connectivity index (χ4v) is 3.81. The second-order valence-corrected chi connectivity index (χ2v) is 6.11. The predicted molar refractivity (Wildman–Crippen MR) is 75.8 cm³/mol. The number of ether oxygens (including phenoxy) is 1. The molecule has 0 spiro atoms. The molecule has 3 aliphatic heterocycles. The molecule has 0 radical (unpaired) electrons. The molecule has 3 heterocycles. The van der Waals surface area contributed by atoms with Crippen LogP contribution in [0.15, 0.2) is 24.3 Å². The first-order valence-electron chi connectivity index (χ1n) is 7.57. The van der Waals surface area contributed by atoms with Crippen LogP contribution in [-0.2, 0) is 4.79 Å². The maximum atomic E-state index is 12.8. The Kier molecular flexibility index (Phi) is 2.91. The van der Waals surface area contributed by atoms with Crippen molar-refractivity contribution in [1.29, 1.82) is 0 Å². The number of carbonyl (C=O) groups excluding carboxylic acids is 1. The van der Waals surface area contributed by atoms with Crippen LogP contribution in [0.3, 0.4) is 0 Å². The van der Waals surface area contributed by atoms with Crippen molar-refractivity contribution < 1.29 is 9.53 Å². The summed E-state index contributed by atoms with van der Waals surface area (Å²) in [5.41, 5.74) is 1.06. The Hall–Kier alpha value is -1.55. The molecule has 1 N–H and O–H groups in total. The molecule has 1 aromatic rings. The first-order chi connectivity index (χ1) is 9.83. The summed E-state index contributed by atoms with van der Waals surface area (Å²) in [6, 6.07) is 8.42. The molecule has 20 heavy (non-hydrogen) atoms. The monoisotopic (exact) mass is 272 g/mol. The molecule has 3 aliphatic rings. The van der Waals surface area contributed by atoms with Gasteiger partial charge in [0, 0.05) is 24.7 Å². The van der Waals surface area contributed by atoms with Crippen molar-refractivity contribution >= 4 is 5.91 Å². The summed E-state index contributed by atoms with van der Waals surface area (Å²) >= 11 is 0. The highest BCUT2D eigenvalue weighted by molar-refractivity contribution is 5.86. The molecule has 3 unspecified atom stereocenters. The van der Waals surface area contributed by atoms with E-state index in [1.54, 1.807) is 0 Å². The summed E-state index contributed by atoms with van der Waals surface area (Å²) < 4.78 is 5.65. The molecular formula is C16H20N2O2. The molecular weight excluding hydrogens is 252 g/mol. The average Bonchev–Trinajstić information content (AvgIpc) is 3.10. The zero-order valence-electron chi connectivity index (χ0n) is 11.5. The SMILES string of the molecule is O=C(C1COc2ccccc21)N1CC2CCCNC2C1. The van der Waals surface area contributed by atoms with E-state index in [2.05, 4.69) is 5.32 Å². The highest BCUT2D eigenvalue weighted by Crippen LogP contribution is 2.36. The Balaban J connectivity index is 1.51. The zero-order valence-corrected chi connectivity index (χ0v) is 11.5. The summed E-state index contributed by atoms with van der Waals surface area (Å²) in [5, 5.41) is 3.55. The third kappa shape index (κ3) is 1.90. The Labute approximate surface area is 119 Å². The van der Waals surface area contributed by atoms with Crippen LogP contribution in [0.1, 0.15) is 24.3 Å². The number of likely N-dealkylation sites (tertiary alicyclic amines) is 1. The zero-order chi connectivity index (χ0) is 13.5. The van der Waals surface area contributed by atoms with Gasteiger partial charge in [-0.15, -0.1) is 0 Å². The van der Waals surface area contributed by atoms with Gasteiger partial charge in [0.25, 0.3) is 0 Å². The van der Waals surface area contributed by atoms with Crippen molar-refractivity contribution in [3.05, 3.63) is 29.8 Å². The van der Waals surface area contributed by atoms with Crippen LogP contribution in [0, 0.1) is 5.92 Å². The van der Waals surface area contributed by atoms with E-state index in [1.165, 1.54) is 12.8 Å². The van der Waals surface area contributed by atoms with Crippen LogP contribution in [0.4, 0.5) is 0 Å². The van der Waals surface area contributed by atoms with E-state index in [-0.39, 0.29) is 11.8 Å². The lowest BCUT2D eigenvalue weighted by atomic mass is 9.94. The van der Waals surface area contributed by atoms with Gasteiger partial charge < -0.3 is 15.0 Å². The number of hydrogen-bond donors (Lipinski definition) is 1. The summed E-state index contributed by atoms with van der Waals surface area (Å²) in [7, 11) is 0. The fraction of sp³-hybridized carbons (Fsp3) is 0.562. The van der Waals surface area contributed by atoms with Gasteiger partial charge in [0.05, 0.1) is 0 Å². The third-order valence-corrected chi connectivity index (χ3v) is 4.91. The van der Waals surface area contributed by atoms with E-state index in [0.29, 0.717) is 18.6 Å². The van der Waals surface area contributed by atoms with E-state index >= 15 is 0 Å². The van der Waals surface area contributed by atoms with Crippen molar-refractivity contribution in [2.75, 3.05) is 26.2 Å². The predicted octanol–water partition coefficient (Wildman–Crippen LogP) is 1.37. The minimum Gasteiger partial charge on any atom is -0.492 e. The second kappa shape index (κ2) is 4.77. The van der Waals surface area contributed by atoms with Crippen LogP contribution >= 0.6 is 0 Å². The average molecular weight is 272 g/mol. The Bertz CT molecular complexity index is 517. The Morgan fingerprint density at radius 1 is 1.30 bits per heavy atom. The van der Waals surface area contributed by atoms with Crippen molar-refractivity contribution in [3.63, 3.8) is 0 Å². The summed E-state index contributed by atoms with van der Waals surface area (Å²) in [5.74, 6) is 1.66. The van der Waals surface area contributed by atoms with E-state index in [4.69, 9.17) is 4.74 Å². The molecule has 0 aromatic heterocycles. The minimum atomic E-state index is -0.105. The number of fused-ring (bicyclic) bond motifs is 2. The van der Waals surface area contributed by atoms with Gasteiger partial charge >= 0.3 is 0 Å². The molecule has 0 bridgehead atoms. The van der Waals surface area contributed by atoms with E-state index in [9.17, 15) is 4.79 Å². The quantitative estimate of drug-likeness (QED) is 0.839. The maximum Gasteiger partial charge on any atom is 0.233 e. The second-order valence-electron chi connectivity index (χ2n) is 6.11. The minimum absolute atomic E-state index is 0.105. The van der Waals surface area contributed by atoms with Gasteiger partial charge in [-0.1, -0.05) is 18.2 Å². The number of nitrogens with one attached hydrogen (secondary N) is 1. The van der Waals surface area contributed by atoms with Gasteiger partial charge in [0.15, 0.2) is 0 Å². The highest BCUT2D eigenvalue weighted by atomic mass is 16.5. The number of carbonyl (C=O) groups is 1. The summed E-state index contributed by atoms with van der Waals surface area (Å²) in [6.07, 6.45) is 2.48. The third-order valence-electron chi connectivity index (χ3n) is 4.91. The first-order valence-corrected chi connectivity index (χ1v) is 7.57. The van der Waals surface area contributed by atoms with Gasteiger partial charge in [-0.05, 0) is 31.4 Å². The Morgan fingerprint density at radius 3 is 3.10 bits per heavy atom. The van der Waals surface area contributed by atoms with Crippen LogP contribution in [0.2, 0.25) is 0 Å². The molecule has 4 heteroatoms. The lowest BCUT2D eigenvalue weighted by molar-refractivity contribution is -0.132. The molecule has 4 rings (SSSR count). The van der Waals surface area contributed by atoms with Crippen molar-refractivity contribution in [1.82, 2.24) is 10.2 Å². The molecule has 2 fully saturated rings. The van der Waals surface area contributed by atoms with Gasteiger partial charge in [-0.3, -0.25) is 4.79 Å². The molecule has 0 aliphatic carbocycles. The number of para-hydroxylation sites is 1. The number of nitrogens with zero attached hydrogens (tertiary/aromatic N) is 1. The Morgan fingerprint density at radius 2 is 2.20 bits per heavy atom. The number of amides is 1. The first kappa shape index (κ1) is 12.2. The van der Waals surface area contributed by atoms with Crippen LogP contribution in [0.25, 0.3) is 0 Å². The van der Waals surface area contributed by atoms with Gasteiger partial charge in [-0.25, -0.2) is 0 Å². The molecule has 106 valence electrons. The molecule has 0 saturated carbocycles. The molecule has 1 aromatic carbocycles. The van der Waals surface area contributed by atoms with Crippen LogP contribution in [-0.4, -0.2) is 43.1 Å². The van der Waals surface area contributed by atoms with E-state index < -0.39 is 0 Å². The van der Waals surface area contributed by atoms with E-state index in [1.807, 2.05) is 29.2 Å². The molecule has 4 nitrogen and oxygen atoms in total. The van der Waals surface area contributed by atoms with E-state index in [0.717, 1.165) is 30.9 Å². The summed E-state index contributed by atoms with van der Waals surface area (Å²) in [4.78, 5) is 14.8. The highest BCUT2D eigenvalue weighted by Gasteiger charge is 2.40. The molecule has 1 amide bonds.